The third kappa shape index (κ3) is 3.98. The van der Waals surface area contributed by atoms with E-state index in [0.717, 1.165) is 36.9 Å². The number of carbonyl (C=O) groups excluding carboxylic acids is 1. The van der Waals surface area contributed by atoms with Crippen LogP contribution in [0.15, 0.2) is 18.2 Å². The van der Waals surface area contributed by atoms with Crippen LogP contribution in [0.25, 0.3) is 0 Å². The standard InChI is InChI=1S/C23H31N3O3/c1-25-20-10-6-9-18(20)19(24-25)15-26(17-7-4-5-8-17)23(27)14-16-11-12-21(28-2)22(13-16)29-3/h11-13,17H,4-10,14-15H2,1-3H3. The molecule has 6 nitrogen and oxygen atoms in total. The number of nitrogens with zero attached hydrogens (tertiary/aromatic N) is 3. The predicted molar refractivity (Wildman–Crippen MR) is 111 cm³/mol. The summed E-state index contributed by atoms with van der Waals surface area (Å²) in [5, 5.41) is 4.77. The van der Waals surface area contributed by atoms with Crippen LogP contribution in [0.2, 0.25) is 0 Å². The number of amides is 1. The van der Waals surface area contributed by atoms with Crippen LogP contribution in [0, 0.1) is 0 Å². The smallest absolute Gasteiger partial charge is 0.227 e. The zero-order valence-corrected chi connectivity index (χ0v) is 17.7. The lowest BCUT2D eigenvalue weighted by Crippen LogP contribution is -2.39. The highest BCUT2D eigenvalue weighted by Gasteiger charge is 2.30. The minimum Gasteiger partial charge on any atom is -0.493 e. The number of carbonyl (C=O) groups is 1. The lowest BCUT2D eigenvalue weighted by Gasteiger charge is -2.29. The molecule has 0 bridgehead atoms. The van der Waals surface area contributed by atoms with Crippen LogP contribution >= 0.6 is 0 Å². The van der Waals surface area contributed by atoms with Gasteiger partial charge < -0.3 is 14.4 Å². The summed E-state index contributed by atoms with van der Waals surface area (Å²) in [6, 6.07) is 6.04. The van der Waals surface area contributed by atoms with Crippen LogP contribution in [0.1, 0.15) is 54.6 Å². The fourth-order valence-corrected chi connectivity index (χ4v) is 4.89. The topological polar surface area (TPSA) is 56.6 Å². The first-order valence-corrected chi connectivity index (χ1v) is 10.6. The summed E-state index contributed by atoms with van der Waals surface area (Å²) >= 11 is 0. The first kappa shape index (κ1) is 19.8. The number of aromatic nitrogens is 2. The first-order valence-electron chi connectivity index (χ1n) is 10.6. The number of benzene rings is 1. The Bertz CT molecular complexity index is 884. The molecule has 0 radical (unpaired) electrons. The van der Waals surface area contributed by atoms with Crippen molar-refractivity contribution >= 4 is 5.91 Å². The molecular weight excluding hydrogens is 366 g/mol. The van der Waals surface area contributed by atoms with E-state index in [9.17, 15) is 4.79 Å². The van der Waals surface area contributed by atoms with E-state index in [-0.39, 0.29) is 5.91 Å². The molecule has 0 atom stereocenters. The number of aryl methyl sites for hydroxylation is 1. The number of methoxy groups -OCH3 is 2. The van der Waals surface area contributed by atoms with Gasteiger partial charge in [0.25, 0.3) is 0 Å². The number of fused-ring (bicyclic) bond motifs is 1. The average Bonchev–Trinajstić information content (AvgIpc) is 3.46. The van der Waals surface area contributed by atoms with Gasteiger partial charge in [-0.2, -0.15) is 5.10 Å². The first-order chi connectivity index (χ1) is 14.1. The number of ether oxygens (including phenoxy) is 2. The van der Waals surface area contributed by atoms with Crippen LogP contribution < -0.4 is 9.47 Å². The van der Waals surface area contributed by atoms with Crippen molar-refractivity contribution in [2.45, 2.75) is 64.0 Å². The molecular formula is C23H31N3O3. The Hall–Kier alpha value is -2.50. The summed E-state index contributed by atoms with van der Waals surface area (Å²) in [6.07, 6.45) is 8.32. The highest BCUT2D eigenvalue weighted by Crippen LogP contribution is 2.31. The maximum atomic E-state index is 13.4. The van der Waals surface area contributed by atoms with Crippen LogP contribution in [0.3, 0.4) is 0 Å². The van der Waals surface area contributed by atoms with Gasteiger partial charge in [0.05, 0.1) is 32.9 Å². The molecule has 1 saturated carbocycles. The summed E-state index contributed by atoms with van der Waals surface area (Å²) in [6.45, 7) is 0.625. The Labute approximate surface area is 172 Å². The Morgan fingerprint density at radius 1 is 1.14 bits per heavy atom. The highest BCUT2D eigenvalue weighted by atomic mass is 16.5. The van der Waals surface area contributed by atoms with Gasteiger partial charge in [-0.1, -0.05) is 18.9 Å². The normalized spacial score (nSPS) is 16.1. The average molecular weight is 398 g/mol. The van der Waals surface area contributed by atoms with Crippen molar-refractivity contribution in [3.8, 4) is 11.5 Å². The van der Waals surface area contributed by atoms with Gasteiger partial charge in [-0.15, -0.1) is 0 Å². The number of hydrogen-bond acceptors (Lipinski definition) is 4. The molecule has 1 fully saturated rings. The molecule has 6 heteroatoms. The van der Waals surface area contributed by atoms with Crippen molar-refractivity contribution in [2.24, 2.45) is 7.05 Å². The lowest BCUT2D eigenvalue weighted by molar-refractivity contribution is -0.133. The molecule has 1 aromatic carbocycles. The van der Waals surface area contributed by atoms with Crippen molar-refractivity contribution in [3.05, 3.63) is 40.7 Å². The molecule has 0 saturated heterocycles. The summed E-state index contributed by atoms with van der Waals surface area (Å²) in [4.78, 5) is 15.5. The quantitative estimate of drug-likeness (QED) is 0.718. The van der Waals surface area contributed by atoms with Crippen molar-refractivity contribution in [2.75, 3.05) is 14.2 Å². The third-order valence-electron chi connectivity index (χ3n) is 6.41. The maximum Gasteiger partial charge on any atom is 0.227 e. The summed E-state index contributed by atoms with van der Waals surface area (Å²) in [5.41, 5.74) is 4.75. The molecule has 1 amide bonds. The molecule has 4 rings (SSSR count). The second kappa shape index (κ2) is 8.47. The minimum absolute atomic E-state index is 0.168. The number of hydrogen-bond donors (Lipinski definition) is 0. The lowest BCUT2D eigenvalue weighted by atomic mass is 10.1. The van der Waals surface area contributed by atoms with Crippen LogP contribution in [0.5, 0.6) is 11.5 Å². The molecule has 1 heterocycles. The molecule has 29 heavy (non-hydrogen) atoms. The molecule has 156 valence electrons. The van der Waals surface area contributed by atoms with E-state index in [4.69, 9.17) is 14.6 Å². The molecule has 0 aliphatic heterocycles. The second-order valence-corrected chi connectivity index (χ2v) is 8.18. The van der Waals surface area contributed by atoms with Gasteiger partial charge in [-0.05, 0) is 55.4 Å². The maximum absolute atomic E-state index is 13.4. The van der Waals surface area contributed by atoms with Gasteiger partial charge >= 0.3 is 0 Å². The Kier molecular flexibility index (Phi) is 5.79. The molecule has 2 aromatic rings. The Morgan fingerprint density at radius 3 is 2.62 bits per heavy atom. The zero-order valence-electron chi connectivity index (χ0n) is 17.7. The SMILES string of the molecule is COc1ccc(CC(=O)N(Cc2nn(C)c3c2CCC3)C2CCCC2)cc1OC. The zero-order chi connectivity index (χ0) is 20.4. The Balaban J connectivity index is 1.55. The fourth-order valence-electron chi connectivity index (χ4n) is 4.89. The molecule has 2 aliphatic rings. The number of rotatable bonds is 7. The summed E-state index contributed by atoms with van der Waals surface area (Å²) in [7, 11) is 5.27. The van der Waals surface area contributed by atoms with E-state index < -0.39 is 0 Å². The van der Waals surface area contributed by atoms with E-state index in [1.807, 2.05) is 29.9 Å². The van der Waals surface area contributed by atoms with Gasteiger partial charge in [0, 0.05) is 18.8 Å². The summed E-state index contributed by atoms with van der Waals surface area (Å²) < 4.78 is 12.7. The van der Waals surface area contributed by atoms with Crippen molar-refractivity contribution in [1.29, 1.82) is 0 Å². The van der Waals surface area contributed by atoms with E-state index >= 15 is 0 Å². The predicted octanol–water partition coefficient (Wildman–Crippen LogP) is 3.44. The molecule has 0 N–H and O–H groups in total. The van der Waals surface area contributed by atoms with E-state index in [0.29, 0.717) is 30.5 Å². The van der Waals surface area contributed by atoms with Crippen LogP contribution in [-0.4, -0.2) is 40.8 Å². The molecule has 0 unspecified atom stereocenters. The van der Waals surface area contributed by atoms with Crippen molar-refractivity contribution in [1.82, 2.24) is 14.7 Å². The van der Waals surface area contributed by atoms with E-state index in [2.05, 4.69) is 4.90 Å². The largest absolute Gasteiger partial charge is 0.493 e. The Morgan fingerprint density at radius 2 is 1.90 bits per heavy atom. The molecule has 1 aromatic heterocycles. The van der Waals surface area contributed by atoms with Gasteiger partial charge in [-0.25, -0.2) is 0 Å². The van der Waals surface area contributed by atoms with Crippen molar-refractivity contribution < 1.29 is 14.3 Å². The molecule has 2 aliphatic carbocycles. The van der Waals surface area contributed by atoms with Gasteiger partial charge in [0.2, 0.25) is 5.91 Å². The van der Waals surface area contributed by atoms with Gasteiger partial charge in [-0.3, -0.25) is 9.48 Å². The monoisotopic (exact) mass is 397 g/mol. The van der Waals surface area contributed by atoms with Gasteiger partial charge in [0.1, 0.15) is 0 Å². The molecule has 0 spiro atoms. The second-order valence-electron chi connectivity index (χ2n) is 8.18. The van der Waals surface area contributed by atoms with E-state index in [1.165, 1.54) is 30.5 Å². The summed E-state index contributed by atoms with van der Waals surface area (Å²) in [5.74, 6) is 1.51. The van der Waals surface area contributed by atoms with Crippen LogP contribution in [-0.2, 0) is 37.6 Å². The van der Waals surface area contributed by atoms with Crippen LogP contribution in [0.4, 0.5) is 0 Å². The van der Waals surface area contributed by atoms with Gasteiger partial charge in [0.15, 0.2) is 11.5 Å². The minimum atomic E-state index is 0.168. The van der Waals surface area contributed by atoms with Crippen molar-refractivity contribution in [3.63, 3.8) is 0 Å². The third-order valence-corrected chi connectivity index (χ3v) is 6.41. The highest BCUT2D eigenvalue weighted by molar-refractivity contribution is 5.79. The van der Waals surface area contributed by atoms with E-state index in [1.54, 1.807) is 14.2 Å². The fraction of sp³-hybridized carbons (Fsp3) is 0.565.